The number of hydrogen-bond acceptors (Lipinski definition) is 5. The Morgan fingerprint density at radius 1 is 0.969 bits per heavy atom. The molecule has 1 amide bonds. The van der Waals surface area contributed by atoms with Gasteiger partial charge in [-0.3, -0.25) is 4.79 Å². The number of carbonyl (C=O) groups is 1. The van der Waals surface area contributed by atoms with Crippen LogP contribution < -0.4 is 14.8 Å². The second kappa shape index (κ2) is 8.63. The van der Waals surface area contributed by atoms with Gasteiger partial charge in [-0.2, -0.15) is 0 Å². The van der Waals surface area contributed by atoms with Crippen molar-refractivity contribution < 1.29 is 14.3 Å². The molecule has 0 aliphatic heterocycles. The molecule has 1 N–H and O–H groups in total. The number of anilines is 2. The summed E-state index contributed by atoms with van der Waals surface area (Å²) in [6, 6.07) is 17.4. The lowest BCUT2D eigenvalue weighted by Crippen LogP contribution is -2.21. The van der Waals surface area contributed by atoms with Gasteiger partial charge in [-0.15, -0.1) is 0 Å². The highest BCUT2D eigenvalue weighted by Gasteiger charge is 2.14. The Morgan fingerprint density at radius 3 is 2.34 bits per heavy atom. The quantitative estimate of drug-likeness (QED) is 0.480. The number of pyridine rings is 1. The number of fused-ring (bicyclic) bond motifs is 1. The predicted octanol–water partition coefficient (Wildman–Crippen LogP) is 4.70. The van der Waals surface area contributed by atoms with Gasteiger partial charge in [0.05, 0.1) is 19.7 Å². The summed E-state index contributed by atoms with van der Waals surface area (Å²) < 4.78 is 12.9. The first-order valence-electron chi connectivity index (χ1n) is 10.2. The average Bonchev–Trinajstić information content (AvgIpc) is 3.16. The lowest BCUT2D eigenvalue weighted by atomic mass is 10.1. The van der Waals surface area contributed by atoms with E-state index in [-0.39, 0.29) is 5.91 Å². The van der Waals surface area contributed by atoms with Crippen molar-refractivity contribution in [3.05, 3.63) is 66.4 Å². The zero-order valence-corrected chi connectivity index (χ0v) is 18.8. The molecule has 0 saturated carbocycles. The third-order valence-corrected chi connectivity index (χ3v) is 5.45. The number of rotatable bonds is 6. The fourth-order valence-corrected chi connectivity index (χ4v) is 3.73. The van der Waals surface area contributed by atoms with Crippen molar-refractivity contribution in [2.75, 3.05) is 33.6 Å². The SMILES string of the molecule is COc1ccc(Nc2nccc3c2cc(-c2ccc(C(=O)N(C)C)cc2)n3C)cc1OC. The molecule has 0 bridgehead atoms. The fourth-order valence-electron chi connectivity index (χ4n) is 3.73. The van der Waals surface area contributed by atoms with Crippen LogP contribution in [0.5, 0.6) is 11.5 Å². The van der Waals surface area contributed by atoms with Crippen LogP contribution in [0.2, 0.25) is 0 Å². The molecule has 0 spiro atoms. The molecule has 2 aromatic heterocycles. The molecule has 2 heterocycles. The Kier molecular flexibility index (Phi) is 5.73. The molecule has 0 radical (unpaired) electrons. The number of nitrogens with zero attached hydrogens (tertiary/aromatic N) is 3. The highest BCUT2D eigenvalue weighted by Crippen LogP contribution is 2.34. The van der Waals surface area contributed by atoms with Crippen LogP contribution in [0.4, 0.5) is 11.5 Å². The van der Waals surface area contributed by atoms with Crippen molar-refractivity contribution in [3.63, 3.8) is 0 Å². The predicted molar refractivity (Wildman–Crippen MR) is 127 cm³/mol. The van der Waals surface area contributed by atoms with Crippen LogP contribution in [0.15, 0.2) is 60.8 Å². The standard InChI is InChI=1S/C25H26N4O3/c1-28(2)25(30)17-8-6-16(7-9-17)21-15-19-20(29(21)3)12-13-26-24(19)27-18-10-11-22(31-4)23(14-18)32-5/h6-15H,1-5H3,(H,26,27). The van der Waals surface area contributed by atoms with E-state index in [1.165, 1.54) is 0 Å². The molecule has 0 fully saturated rings. The molecule has 0 atom stereocenters. The summed E-state index contributed by atoms with van der Waals surface area (Å²) in [6.07, 6.45) is 1.79. The molecule has 164 valence electrons. The second-order valence-electron chi connectivity index (χ2n) is 7.65. The van der Waals surface area contributed by atoms with Gasteiger partial charge >= 0.3 is 0 Å². The molecular formula is C25H26N4O3. The summed E-state index contributed by atoms with van der Waals surface area (Å²) in [5.41, 5.74) is 4.62. The maximum atomic E-state index is 12.2. The number of aromatic nitrogens is 2. The summed E-state index contributed by atoms with van der Waals surface area (Å²) >= 11 is 0. The van der Waals surface area contributed by atoms with Gasteiger partial charge in [-0.25, -0.2) is 4.98 Å². The number of hydrogen-bond donors (Lipinski definition) is 1. The number of aryl methyl sites for hydroxylation is 1. The van der Waals surface area contributed by atoms with Gasteiger partial charge in [-0.1, -0.05) is 12.1 Å². The Hall–Kier alpha value is -4.00. The number of methoxy groups -OCH3 is 2. The van der Waals surface area contributed by atoms with Gasteiger partial charge in [0.25, 0.3) is 5.91 Å². The zero-order chi connectivity index (χ0) is 22.8. The Bertz CT molecular complexity index is 1280. The second-order valence-corrected chi connectivity index (χ2v) is 7.65. The fraction of sp³-hybridized carbons (Fsp3) is 0.200. The summed E-state index contributed by atoms with van der Waals surface area (Å²) in [7, 11) is 8.75. The molecule has 4 rings (SSSR count). The number of benzene rings is 2. The Morgan fingerprint density at radius 2 is 1.69 bits per heavy atom. The van der Waals surface area contributed by atoms with Crippen LogP contribution in [-0.4, -0.2) is 48.7 Å². The first-order chi connectivity index (χ1) is 15.4. The lowest BCUT2D eigenvalue weighted by Gasteiger charge is -2.11. The van der Waals surface area contributed by atoms with Gasteiger partial charge in [0.1, 0.15) is 5.82 Å². The van der Waals surface area contributed by atoms with Crippen molar-refractivity contribution in [2.24, 2.45) is 7.05 Å². The zero-order valence-electron chi connectivity index (χ0n) is 18.8. The third kappa shape index (κ3) is 3.85. The molecule has 0 aliphatic rings. The first kappa shape index (κ1) is 21.2. The number of amides is 1. The van der Waals surface area contributed by atoms with E-state index in [4.69, 9.17) is 9.47 Å². The minimum Gasteiger partial charge on any atom is -0.493 e. The van der Waals surface area contributed by atoms with E-state index in [0.717, 1.165) is 33.7 Å². The van der Waals surface area contributed by atoms with Gasteiger partial charge in [-0.05, 0) is 42.0 Å². The largest absolute Gasteiger partial charge is 0.493 e. The maximum absolute atomic E-state index is 12.2. The van der Waals surface area contributed by atoms with E-state index in [9.17, 15) is 4.79 Å². The van der Waals surface area contributed by atoms with Crippen molar-refractivity contribution >= 4 is 28.3 Å². The van der Waals surface area contributed by atoms with Crippen molar-refractivity contribution in [1.82, 2.24) is 14.5 Å². The minimum atomic E-state index is -0.0146. The lowest BCUT2D eigenvalue weighted by molar-refractivity contribution is 0.0827. The highest BCUT2D eigenvalue weighted by atomic mass is 16.5. The maximum Gasteiger partial charge on any atom is 0.253 e. The van der Waals surface area contributed by atoms with Crippen molar-refractivity contribution in [2.45, 2.75) is 0 Å². The van der Waals surface area contributed by atoms with Crippen molar-refractivity contribution in [3.8, 4) is 22.8 Å². The van der Waals surface area contributed by atoms with Crippen molar-refractivity contribution in [1.29, 1.82) is 0 Å². The molecule has 32 heavy (non-hydrogen) atoms. The Labute approximate surface area is 187 Å². The van der Waals surface area contributed by atoms with Gasteiger partial charge in [0, 0.05) is 55.7 Å². The van der Waals surface area contributed by atoms with Crippen LogP contribution in [-0.2, 0) is 7.05 Å². The van der Waals surface area contributed by atoms with E-state index in [0.29, 0.717) is 17.1 Å². The summed E-state index contributed by atoms with van der Waals surface area (Å²) in [4.78, 5) is 18.3. The summed E-state index contributed by atoms with van der Waals surface area (Å²) in [5.74, 6) is 2.04. The molecule has 0 aliphatic carbocycles. The van der Waals surface area contributed by atoms with E-state index in [2.05, 4.69) is 20.9 Å². The van der Waals surface area contributed by atoms with Crippen LogP contribution in [0, 0.1) is 0 Å². The van der Waals surface area contributed by atoms with Gasteiger partial charge in [0.15, 0.2) is 11.5 Å². The normalized spacial score (nSPS) is 10.8. The van der Waals surface area contributed by atoms with Crippen LogP contribution >= 0.6 is 0 Å². The molecule has 0 unspecified atom stereocenters. The van der Waals surface area contributed by atoms with E-state index < -0.39 is 0 Å². The number of carbonyl (C=O) groups excluding carboxylic acids is 1. The topological polar surface area (TPSA) is 68.6 Å². The van der Waals surface area contributed by atoms with E-state index in [1.807, 2.05) is 55.6 Å². The average molecular weight is 431 g/mol. The first-order valence-corrected chi connectivity index (χ1v) is 10.2. The summed E-state index contributed by atoms with van der Waals surface area (Å²) in [6.45, 7) is 0. The van der Waals surface area contributed by atoms with Crippen LogP contribution in [0.25, 0.3) is 22.2 Å². The highest BCUT2D eigenvalue weighted by molar-refractivity contribution is 5.97. The third-order valence-electron chi connectivity index (χ3n) is 5.45. The van der Waals surface area contributed by atoms with E-state index in [1.54, 1.807) is 39.4 Å². The molecule has 4 aromatic rings. The molecule has 2 aromatic carbocycles. The van der Waals surface area contributed by atoms with Gasteiger partial charge < -0.3 is 24.3 Å². The van der Waals surface area contributed by atoms with Crippen LogP contribution in [0.1, 0.15) is 10.4 Å². The van der Waals surface area contributed by atoms with E-state index >= 15 is 0 Å². The van der Waals surface area contributed by atoms with Crippen LogP contribution in [0.3, 0.4) is 0 Å². The summed E-state index contributed by atoms with van der Waals surface area (Å²) in [5, 5.41) is 4.39. The monoisotopic (exact) mass is 430 g/mol. The molecular weight excluding hydrogens is 404 g/mol. The van der Waals surface area contributed by atoms with Gasteiger partial charge in [0.2, 0.25) is 0 Å². The molecule has 7 heteroatoms. The number of nitrogens with one attached hydrogen (secondary N) is 1. The smallest absolute Gasteiger partial charge is 0.253 e. The number of ether oxygens (including phenoxy) is 2. The molecule has 7 nitrogen and oxygen atoms in total. The minimum absolute atomic E-state index is 0.0146. The molecule has 0 saturated heterocycles. The Balaban J connectivity index is 1.71.